The molecule has 2 aromatic carbocycles. The zero-order valence-corrected chi connectivity index (χ0v) is 14.9. The number of fused-ring (bicyclic) bond motifs is 1. The quantitative estimate of drug-likeness (QED) is 0.701. The van der Waals surface area contributed by atoms with Crippen molar-refractivity contribution in [2.75, 3.05) is 12.8 Å². The van der Waals surface area contributed by atoms with Crippen molar-refractivity contribution in [2.24, 2.45) is 0 Å². The average Bonchev–Trinajstić information content (AvgIpc) is 3.04. The van der Waals surface area contributed by atoms with Gasteiger partial charge < -0.3 is 4.90 Å². The molecule has 1 atom stereocenters. The average molecular weight is 337 g/mol. The van der Waals surface area contributed by atoms with E-state index >= 15 is 0 Å². The highest BCUT2D eigenvalue weighted by atomic mass is 32.2. The molecule has 0 spiro atoms. The van der Waals surface area contributed by atoms with Gasteiger partial charge in [0.15, 0.2) is 0 Å². The van der Waals surface area contributed by atoms with Crippen LogP contribution in [0.25, 0.3) is 0 Å². The highest BCUT2D eigenvalue weighted by Crippen LogP contribution is 2.36. The summed E-state index contributed by atoms with van der Waals surface area (Å²) in [5.41, 5.74) is 4.65. The van der Waals surface area contributed by atoms with Crippen LogP contribution in [0.4, 0.5) is 0 Å². The molecule has 124 valence electrons. The van der Waals surface area contributed by atoms with Gasteiger partial charge in [-0.25, -0.2) is 0 Å². The van der Waals surface area contributed by atoms with Crippen molar-refractivity contribution in [2.45, 2.75) is 24.6 Å². The Kier molecular flexibility index (Phi) is 5.41. The van der Waals surface area contributed by atoms with Crippen LogP contribution in [0.3, 0.4) is 0 Å². The molecular weight excluding hydrogens is 314 g/mol. The molecule has 1 unspecified atom stereocenters. The molecule has 0 N–H and O–H groups in total. The fourth-order valence-corrected chi connectivity index (χ4v) is 3.95. The van der Waals surface area contributed by atoms with E-state index in [-0.39, 0.29) is 11.9 Å². The minimum atomic E-state index is 0.0901. The van der Waals surface area contributed by atoms with Crippen molar-refractivity contribution < 1.29 is 4.79 Å². The van der Waals surface area contributed by atoms with Crippen LogP contribution in [0.2, 0.25) is 0 Å². The zero-order valence-electron chi connectivity index (χ0n) is 14.1. The predicted molar refractivity (Wildman–Crippen MR) is 102 cm³/mol. The number of rotatable bonds is 6. The van der Waals surface area contributed by atoms with Gasteiger partial charge in [-0.1, -0.05) is 42.5 Å². The molecule has 2 nitrogen and oxygen atoms in total. The Labute approximate surface area is 148 Å². The van der Waals surface area contributed by atoms with Gasteiger partial charge in [0, 0.05) is 17.9 Å². The summed E-state index contributed by atoms with van der Waals surface area (Å²) in [6.45, 7) is 4.42. The van der Waals surface area contributed by atoms with Crippen molar-refractivity contribution in [3.8, 4) is 0 Å². The van der Waals surface area contributed by atoms with E-state index in [9.17, 15) is 4.79 Å². The van der Waals surface area contributed by atoms with Crippen molar-refractivity contribution >= 4 is 17.7 Å². The number of thioether (sulfide) groups is 1. The maximum absolute atomic E-state index is 13.1. The van der Waals surface area contributed by atoms with Crippen LogP contribution in [0.1, 0.15) is 39.5 Å². The zero-order chi connectivity index (χ0) is 16.9. The first kappa shape index (κ1) is 16.8. The number of carbonyl (C=O) groups is 1. The molecule has 0 aliphatic heterocycles. The van der Waals surface area contributed by atoms with E-state index < -0.39 is 0 Å². The Morgan fingerprint density at radius 2 is 2.00 bits per heavy atom. The number of carbonyl (C=O) groups excluding carboxylic acids is 1. The normalized spacial score (nSPS) is 15.8. The van der Waals surface area contributed by atoms with Crippen LogP contribution in [0.5, 0.6) is 0 Å². The van der Waals surface area contributed by atoms with E-state index in [1.807, 2.05) is 23.1 Å². The molecule has 0 heterocycles. The monoisotopic (exact) mass is 337 g/mol. The second-order valence-corrected chi connectivity index (χ2v) is 7.00. The highest BCUT2D eigenvalue weighted by Gasteiger charge is 2.30. The first-order valence-electron chi connectivity index (χ1n) is 8.32. The standard InChI is InChI=1S/C21H23NOS/c1-3-14-22(20-13-12-17-6-4-5-7-19(17)20)21(23)18-10-8-16(9-11-18)15-24-2/h3-11,20H,1,12-15H2,2H3. The molecule has 1 amide bonds. The topological polar surface area (TPSA) is 20.3 Å². The maximum Gasteiger partial charge on any atom is 0.254 e. The molecular formula is C21H23NOS. The van der Waals surface area contributed by atoms with Crippen molar-refractivity contribution in [1.29, 1.82) is 0 Å². The number of hydrogen-bond acceptors (Lipinski definition) is 2. The molecule has 0 fully saturated rings. The van der Waals surface area contributed by atoms with Gasteiger partial charge >= 0.3 is 0 Å². The minimum absolute atomic E-state index is 0.0901. The maximum atomic E-state index is 13.1. The number of aryl methyl sites for hydroxylation is 1. The van der Waals surface area contributed by atoms with Crippen LogP contribution in [0.15, 0.2) is 61.2 Å². The van der Waals surface area contributed by atoms with E-state index in [1.54, 1.807) is 11.8 Å². The first-order valence-corrected chi connectivity index (χ1v) is 9.71. The molecule has 0 saturated heterocycles. The molecule has 0 saturated carbocycles. The van der Waals surface area contributed by atoms with Crippen LogP contribution in [-0.4, -0.2) is 23.6 Å². The lowest BCUT2D eigenvalue weighted by Crippen LogP contribution is -2.34. The summed E-state index contributed by atoms with van der Waals surface area (Å²) in [5.74, 6) is 1.06. The SMILES string of the molecule is C=CCN(C(=O)c1ccc(CSC)cc1)C1CCc2ccccc21. The Balaban J connectivity index is 1.85. The Morgan fingerprint density at radius 1 is 1.25 bits per heavy atom. The van der Waals surface area contributed by atoms with Crippen LogP contribution in [0, 0.1) is 0 Å². The Bertz CT molecular complexity index is 723. The number of benzene rings is 2. The lowest BCUT2D eigenvalue weighted by Gasteiger charge is -2.29. The van der Waals surface area contributed by atoms with Gasteiger partial charge in [0.05, 0.1) is 6.04 Å². The molecule has 0 aromatic heterocycles. The lowest BCUT2D eigenvalue weighted by molar-refractivity contribution is 0.0701. The van der Waals surface area contributed by atoms with Crippen molar-refractivity contribution in [3.63, 3.8) is 0 Å². The van der Waals surface area contributed by atoms with Crippen LogP contribution >= 0.6 is 11.8 Å². The fourth-order valence-electron chi connectivity index (χ4n) is 3.43. The summed E-state index contributed by atoms with van der Waals surface area (Å²) in [6.07, 6.45) is 5.93. The largest absolute Gasteiger partial charge is 0.328 e. The third kappa shape index (κ3) is 3.41. The highest BCUT2D eigenvalue weighted by molar-refractivity contribution is 7.97. The Morgan fingerprint density at radius 3 is 2.71 bits per heavy atom. The molecule has 3 rings (SSSR count). The third-order valence-corrected chi connectivity index (χ3v) is 5.20. The van der Waals surface area contributed by atoms with Crippen LogP contribution < -0.4 is 0 Å². The van der Waals surface area contributed by atoms with E-state index in [4.69, 9.17) is 0 Å². The van der Waals surface area contributed by atoms with Crippen molar-refractivity contribution in [1.82, 2.24) is 4.90 Å². The van der Waals surface area contributed by atoms with E-state index in [1.165, 1.54) is 16.7 Å². The summed E-state index contributed by atoms with van der Waals surface area (Å²) in [5, 5.41) is 0. The van der Waals surface area contributed by atoms with Gasteiger partial charge in [-0.15, -0.1) is 6.58 Å². The summed E-state index contributed by atoms with van der Waals surface area (Å²) in [4.78, 5) is 15.0. The summed E-state index contributed by atoms with van der Waals surface area (Å²) in [6, 6.07) is 16.6. The predicted octanol–water partition coefficient (Wildman–Crippen LogP) is 4.87. The smallest absolute Gasteiger partial charge is 0.254 e. The minimum Gasteiger partial charge on any atom is -0.328 e. The summed E-state index contributed by atoms with van der Waals surface area (Å²) >= 11 is 1.79. The molecule has 24 heavy (non-hydrogen) atoms. The molecule has 3 heteroatoms. The molecule has 2 aromatic rings. The number of hydrogen-bond donors (Lipinski definition) is 0. The fraction of sp³-hybridized carbons (Fsp3) is 0.286. The number of amides is 1. The molecule has 0 radical (unpaired) electrons. The molecule has 1 aliphatic carbocycles. The second-order valence-electron chi connectivity index (χ2n) is 6.13. The second kappa shape index (κ2) is 7.71. The molecule has 1 aliphatic rings. The van der Waals surface area contributed by atoms with E-state index in [0.717, 1.165) is 24.2 Å². The first-order chi connectivity index (χ1) is 11.7. The molecule has 0 bridgehead atoms. The van der Waals surface area contributed by atoms with E-state index in [0.29, 0.717) is 6.54 Å². The number of nitrogens with zero attached hydrogens (tertiary/aromatic N) is 1. The lowest BCUT2D eigenvalue weighted by atomic mass is 10.0. The summed E-state index contributed by atoms with van der Waals surface area (Å²) in [7, 11) is 0. The van der Waals surface area contributed by atoms with Crippen LogP contribution in [-0.2, 0) is 12.2 Å². The van der Waals surface area contributed by atoms with E-state index in [2.05, 4.69) is 49.2 Å². The summed E-state index contributed by atoms with van der Waals surface area (Å²) < 4.78 is 0. The van der Waals surface area contributed by atoms with Gasteiger partial charge in [-0.3, -0.25) is 4.79 Å². The van der Waals surface area contributed by atoms with Gasteiger partial charge in [-0.05, 0) is 47.9 Å². The van der Waals surface area contributed by atoms with Gasteiger partial charge in [-0.2, -0.15) is 11.8 Å². The van der Waals surface area contributed by atoms with Gasteiger partial charge in [0.1, 0.15) is 0 Å². The third-order valence-electron chi connectivity index (χ3n) is 4.58. The Hall–Kier alpha value is -2.00. The van der Waals surface area contributed by atoms with Gasteiger partial charge in [0.25, 0.3) is 5.91 Å². The van der Waals surface area contributed by atoms with Gasteiger partial charge in [0.2, 0.25) is 0 Å². The van der Waals surface area contributed by atoms with Crippen molar-refractivity contribution in [3.05, 3.63) is 83.4 Å².